The number of carbonyl (C=O) groups is 1. The van der Waals surface area contributed by atoms with Crippen LogP contribution in [0, 0.1) is 12.7 Å². The second-order valence-corrected chi connectivity index (χ2v) is 7.98. The van der Waals surface area contributed by atoms with Crippen molar-refractivity contribution < 1.29 is 9.18 Å². The maximum absolute atomic E-state index is 13.9. The van der Waals surface area contributed by atoms with Crippen LogP contribution in [0.3, 0.4) is 0 Å². The number of piperazine rings is 1. The Morgan fingerprint density at radius 1 is 0.909 bits per heavy atom. The molecule has 0 spiro atoms. The number of hydrogen-bond acceptors (Lipinski definition) is 6. The van der Waals surface area contributed by atoms with E-state index in [1.807, 2.05) is 30.3 Å². The minimum absolute atomic E-state index is 0.320. The Morgan fingerprint density at radius 3 is 2.33 bits per heavy atom. The Hall–Kier alpha value is -4.07. The fourth-order valence-corrected chi connectivity index (χ4v) is 4.05. The molecule has 5 rings (SSSR count). The van der Waals surface area contributed by atoms with Crippen molar-refractivity contribution in [2.75, 3.05) is 41.3 Å². The summed E-state index contributed by atoms with van der Waals surface area (Å²) in [6.07, 6.45) is 5.10. The monoisotopic (exact) mass is 442 g/mol. The molecule has 0 aliphatic carbocycles. The molecule has 1 amide bonds. The SMILES string of the molecule is Cc1ccc(NC(=O)c2cnc(N3CCN(c4ncccn4)CC3)c3ccccc23)cc1F. The highest BCUT2D eigenvalue weighted by atomic mass is 19.1. The normalized spacial score (nSPS) is 13.9. The predicted molar refractivity (Wildman–Crippen MR) is 127 cm³/mol. The highest BCUT2D eigenvalue weighted by Crippen LogP contribution is 2.29. The summed E-state index contributed by atoms with van der Waals surface area (Å²) in [6.45, 7) is 4.78. The summed E-state index contributed by atoms with van der Waals surface area (Å²) in [5, 5.41) is 4.50. The van der Waals surface area contributed by atoms with Gasteiger partial charge in [-0.15, -0.1) is 0 Å². The molecule has 0 unspecified atom stereocenters. The highest BCUT2D eigenvalue weighted by Gasteiger charge is 2.23. The van der Waals surface area contributed by atoms with Crippen LogP contribution in [0.15, 0.2) is 67.1 Å². The maximum atomic E-state index is 13.9. The molecule has 0 bridgehead atoms. The number of nitrogens with zero attached hydrogens (tertiary/aromatic N) is 5. The number of halogens is 1. The van der Waals surface area contributed by atoms with Crippen molar-refractivity contribution in [3.05, 3.63) is 84.1 Å². The first-order chi connectivity index (χ1) is 16.1. The van der Waals surface area contributed by atoms with Gasteiger partial charge in [0.15, 0.2) is 0 Å². The van der Waals surface area contributed by atoms with E-state index in [1.54, 1.807) is 37.6 Å². The third-order valence-electron chi connectivity index (χ3n) is 5.86. The number of hydrogen-bond donors (Lipinski definition) is 1. The van der Waals surface area contributed by atoms with Crippen LogP contribution in [-0.4, -0.2) is 47.0 Å². The van der Waals surface area contributed by atoms with Crippen LogP contribution in [0.1, 0.15) is 15.9 Å². The molecule has 2 aromatic heterocycles. The lowest BCUT2D eigenvalue weighted by molar-refractivity contribution is 0.102. The van der Waals surface area contributed by atoms with Gasteiger partial charge in [0.05, 0.1) is 5.56 Å². The summed E-state index contributed by atoms with van der Waals surface area (Å²) in [5.41, 5.74) is 1.39. The molecule has 1 fully saturated rings. The minimum Gasteiger partial charge on any atom is -0.353 e. The molecular formula is C25H23FN6O. The zero-order valence-corrected chi connectivity index (χ0v) is 18.2. The molecular weight excluding hydrogens is 419 g/mol. The van der Waals surface area contributed by atoms with E-state index in [4.69, 9.17) is 0 Å². The molecule has 1 saturated heterocycles. The zero-order valence-electron chi connectivity index (χ0n) is 18.2. The number of nitrogens with one attached hydrogen (secondary N) is 1. The molecule has 1 N–H and O–H groups in total. The summed E-state index contributed by atoms with van der Waals surface area (Å²) in [6, 6.07) is 14.2. The van der Waals surface area contributed by atoms with Gasteiger partial charge < -0.3 is 15.1 Å². The lowest BCUT2D eigenvalue weighted by Gasteiger charge is -2.35. The van der Waals surface area contributed by atoms with Crippen molar-refractivity contribution in [3.8, 4) is 0 Å². The van der Waals surface area contributed by atoms with Crippen LogP contribution in [0.2, 0.25) is 0 Å². The van der Waals surface area contributed by atoms with Crippen molar-refractivity contribution in [3.63, 3.8) is 0 Å². The standard InChI is InChI=1S/C25H23FN6O/c1-17-7-8-18(15-22(17)26)30-24(33)21-16-29-23(20-6-3-2-5-19(20)21)31-11-13-32(14-12-31)25-27-9-4-10-28-25/h2-10,15-16H,11-14H2,1H3,(H,30,33). The van der Waals surface area contributed by atoms with E-state index < -0.39 is 0 Å². The number of benzene rings is 2. The summed E-state index contributed by atoms with van der Waals surface area (Å²) >= 11 is 0. The Labute approximate surface area is 190 Å². The third-order valence-corrected chi connectivity index (χ3v) is 5.86. The van der Waals surface area contributed by atoms with Crippen LogP contribution >= 0.6 is 0 Å². The second-order valence-electron chi connectivity index (χ2n) is 7.98. The van der Waals surface area contributed by atoms with E-state index in [0.717, 1.165) is 48.7 Å². The first-order valence-electron chi connectivity index (χ1n) is 10.8. The smallest absolute Gasteiger partial charge is 0.257 e. The van der Waals surface area contributed by atoms with Gasteiger partial charge in [-0.05, 0) is 36.1 Å². The molecule has 0 radical (unpaired) electrons. The number of fused-ring (bicyclic) bond motifs is 1. The molecule has 1 aliphatic rings. The molecule has 1 aliphatic heterocycles. The van der Waals surface area contributed by atoms with Gasteiger partial charge in [0, 0.05) is 55.8 Å². The minimum atomic E-state index is -0.355. The maximum Gasteiger partial charge on any atom is 0.257 e. The molecule has 7 nitrogen and oxygen atoms in total. The Balaban J connectivity index is 1.39. The lowest BCUT2D eigenvalue weighted by atomic mass is 10.1. The largest absolute Gasteiger partial charge is 0.353 e. The van der Waals surface area contributed by atoms with Crippen LogP contribution in [0.5, 0.6) is 0 Å². The average Bonchev–Trinajstić information content (AvgIpc) is 2.86. The summed E-state index contributed by atoms with van der Waals surface area (Å²) in [5.74, 6) is 0.900. The first-order valence-corrected chi connectivity index (χ1v) is 10.8. The third kappa shape index (κ3) is 4.19. The Morgan fingerprint density at radius 2 is 1.61 bits per heavy atom. The fraction of sp³-hybridized carbons (Fsp3) is 0.200. The summed E-state index contributed by atoms with van der Waals surface area (Å²) < 4.78 is 13.9. The highest BCUT2D eigenvalue weighted by molar-refractivity contribution is 6.14. The first kappa shape index (κ1) is 20.8. The van der Waals surface area contributed by atoms with Gasteiger partial charge in [-0.2, -0.15) is 0 Å². The Kier molecular flexibility index (Phi) is 5.56. The average molecular weight is 442 g/mol. The van der Waals surface area contributed by atoms with Gasteiger partial charge in [-0.3, -0.25) is 4.79 Å². The van der Waals surface area contributed by atoms with Gasteiger partial charge in [-0.1, -0.05) is 30.3 Å². The predicted octanol–water partition coefficient (Wildman–Crippen LogP) is 4.05. The lowest BCUT2D eigenvalue weighted by Crippen LogP contribution is -2.47. The zero-order chi connectivity index (χ0) is 22.8. The molecule has 3 heterocycles. The van der Waals surface area contributed by atoms with Crippen molar-refractivity contribution in [1.29, 1.82) is 0 Å². The van der Waals surface area contributed by atoms with Crippen molar-refractivity contribution in [2.45, 2.75) is 6.92 Å². The van der Waals surface area contributed by atoms with Crippen LogP contribution in [-0.2, 0) is 0 Å². The molecule has 166 valence electrons. The van der Waals surface area contributed by atoms with Gasteiger partial charge in [0.1, 0.15) is 11.6 Å². The van der Waals surface area contributed by atoms with Crippen molar-refractivity contribution >= 4 is 34.1 Å². The summed E-state index contributed by atoms with van der Waals surface area (Å²) in [4.78, 5) is 30.7. The van der Waals surface area contributed by atoms with Crippen molar-refractivity contribution in [1.82, 2.24) is 15.0 Å². The molecule has 33 heavy (non-hydrogen) atoms. The number of rotatable bonds is 4. The number of carbonyl (C=O) groups excluding carboxylic acids is 1. The van der Waals surface area contributed by atoms with E-state index in [9.17, 15) is 9.18 Å². The second kappa shape index (κ2) is 8.82. The molecule has 2 aromatic carbocycles. The number of aromatic nitrogens is 3. The van der Waals surface area contributed by atoms with Crippen LogP contribution in [0.4, 0.5) is 21.8 Å². The van der Waals surface area contributed by atoms with Gasteiger partial charge >= 0.3 is 0 Å². The Bertz CT molecular complexity index is 1310. The number of aryl methyl sites for hydroxylation is 1. The molecule has 0 atom stereocenters. The van der Waals surface area contributed by atoms with Crippen LogP contribution in [0.25, 0.3) is 10.8 Å². The molecule has 0 saturated carbocycles. The van der Waals surface area contributed by atoms with E-state index in [2.05, 4.69) is 30.1 Å². The van der Waals surface area contributed by atoms with Gasteiger partial charge in [-0.25, -0.2) is 19.3 Å². The quantitative estimate of drug-likeness (QED) is 0.514. The number of anilines is 3. The molecule has 8 heteroatoms. The number of pyridine rings is 1. The van der Waals surface area contributed by atoms with E-state index in [0.29, 0.717) is 16.8 Å². The van der Waals surface area contributed by atoms with Gasteiger partial charge in [0.2, 0.25) is 5.95 Å². The van der Waals surface area contributed by atoms with E-state index in [-0.39, 0.29) is 11.7 Å². The van der Waals surface area contributed by atoms with Gasteiger partial charge in [0.25, 0.3) is 5.91 Å². The van der Waals surface area contributed by atoms with E-state index >= 15 is 0 Å². The topological polar surface area (TPSA) is 74.2 Å². The molecule has 4 aromatic rings. The number of amides is 1. The fourth-order valence-electron chi connectivity index (χ4n) is 4.05. The summed E-state index contributed by atoms with van der Waals surface area (Å²) in [7, 11) is 0. The van der Waals surface area contributed by atoms with Crippen molar-refractivity contribution in [2.24, 2.45) is 0 Å². The van der Waals surface area contributed by atoms with E-state index in [1.165, 1.54) is 6.07 Å². The van der Waals surface area contributed by atoms with Crippen LogP contribution < -0.4 is 15.1 Å².